The van der Waals surface area contributed by atoms with Gasteiger partial charge in [0.25, 0.3) is 0 Å². The average Bonchev–Trinajstić information content (AvgIpc) is 3.37. The van der Waals surface area contributed by atoms with Crippen molar-refractivity contribution in [2.45, 2.75) is 38.9 Å². The van der Waals surface area contributed by atoms with E-state index < -0.39 is 28.5 Å². The molecule has 1 atom stereocenters. The number of ether oxygens (including phenoxy) is 2. The van der Waals surface area contributed by atoms with E-state index in [1.807, 2.05) is 0 Å². The molecule has 1 fully saturated rings. The molecule has 4 aromatic rings. The molecule has 1 amide bonds. The Kier molecular flexibility index (Phi) is 7.16. The minimum Gasteiger partial charge on any atom is -0.481 e. The van der Waals surface area contributed by atoms with Crippen LogP contribution in [0.25, 0.3) is 22.2 Å². The molecule has 0 saturated carbocycles. The van der Waals surface area contributed by atoms with Crippen molar-refractivity contribution < 1.29 is 23.6 Å². The summed E-state index contributed by atoms with van der Waals surface area (Å²) >= 11 is 0. The smallest absolute Gasteiger partial charge is 0.410 e. The van der Waals surface area contributed by atoms with E-state index in [9.17, 15) is 19.3 Å². The number of hydrogen-bond donors (Lipinski definition) is 1. The zero-order valence-corrected chi connectivity index (χ0v) is 22.1. The maximum atomic E-state index is 14.3. The van der Waals surface area contributed by atoms with Gasteiger partial charge in [-0.05, 0) is 45.0 Å². The van der Waals surface area contributed by atoms with Crippen LogP contribution in [-0.4, -0.2) is 55.7 Å². The van der Waals surface area contributed by atoms with Gasteiger partial charge < -0.3 is 19.7 Å². The first-order valence-electron chi connectivity index (χ1n) is 12.6. The zero-order chi connectivity index (χ0) is 28.4. The summed E-state index contributed by atoms with van der Waals surface area (Å²) in [4.78, 5) is 38.2. The predicted molar refractivity (Wildman–Crippen MR) is 146 cm³/mol. The van der Waals surface area contributed by atoms with E-state index in [0.29, 0.717) is 46.6 Å². The van der Waals surface area contributed by atoms with Crippen molar-refractivity contribution in [3.05, 3.63) is 77.0 Å². The van der Waals surface area contributed by atoms with Crippen LogP contribution in [0.2, 0.25) is 0 Å². The van der Waals surface area contributed by atoms with Crippen LogP contribution in [0.1, 0.15) is 27.2 Å². The largest absolute Gasteiger partial charge is 0.481 e. The number of fused-ring (bicyclic) bond motifs is 1. The molecule has 1 N–H and O–H groups in total. The standard InChI is InChI=1S/C28H27FN6O5/c1-28(2,3)40-27(36)34-11-9-18(15-34)39-25-14-23-20(13-24(25)35(37)38)26(32-16-31-23)33-17-8-10-30-22(12-17)19-6-4-5-7-21(19)29/h4-8,10,12-14,16,18H,9,11,15H2,1-3H3,(H,30,31,32,33). The summed E-state index contributed by atoms with van der Waals surface area (Å²) in [7, 11) is 0. The van der Waals surface area contributed by atoms with E-state index in [4.69, 9.17) is 9.47 Å². The highest BCUT2D eigenvalue weighted by molar-refractivity contribution is 5.94. The zero-order valence-electron chi connectivity index (χ0n) is 22.1. The molecule has 40 heavy (non-hydrogen) atoms. The van der Waals surface area contributed by atoms with E-state index in [-0.39, 0.29) is 18.0 Å². The molecule has 5 rings (SSSR count). The predicted octanol–water partition coefficient (Wildman–Crippen LogP) is 5.87. The Morgan fingerprint density at radius 1 is 1.15 bits per heavy atom. The summed E-state index contributed by atoms with van der Waals surface area (Å²) in [5, 5.41) is 15.5. The van der Waals surface area contributed by atoms with Crippen LogP contribution in [-0.2, 0) is 4.74 Å². The number of carbonyl (C=O) groups excluding carboxylic acids is 1. The molecule has 2 aromatic heterocycles. The molecule has 3 heterocycles. The molecule has 2 aromatic carbocycles. The highest BCUT2D eigenvalue weighted by Crippen LogP contribution is 2.36. The quantitative estimate of drug-likeness (QED) is 0.233. The van der Waals surface area contributed by atoms with Gasteiger partial charge in [0.2, 0.25) is 0 Å². The van der Waals surface area contributed by atoms with Gasteiger partial charge >= 0.3 is 11.8 Å². The Morgan fingerprint density at radius 2 is 1.95 bits per heavy atom. The topological polar surface area (TPSA) is 133 Å². The Balaban J connectivity index is 1.40. The maximum Gasteiger partial charge on any atom is 0.410 e. The van der Waals surface area contributed by atoms with Crippen molar-refractivity contribution in [2.24, 2.45) is 0 Å². The van der Waals surface area contributed by atoms with Crippen LogP contribution in [0, 0.1) is 15.9 Å². The number of nitro groups is 1. The molecule has 12 heteroatoms. The number of nitrogens with one attached hydrogen (secondary N) is 1. The highest BCUT2D eigenvalue weighted by Gasteiger charge is 2.32. The van der Waals surface area contributed by atoms with Gasteiger partial charge in [0.15, 0.2) is 5.75 Å². The molecular formula is C28H27FN6O5. The van der Waals surface area contributed by atoms with Crippen molar-refractivity contribution >= 4 is 34.2 Å². The Labute approximate surface area is 229 Å². The van der Waals surface area contributed by atoms with Crippen LogP contribution in [0.4, 0.5) is 26.4 Å². The van der Waals surface area contributed by atoms with Crippen molar-refractivity contribution in [3.8, 4) is 17.0 Å². The lowest BCUT2D eigenvalue weighted by Crippen LogP contribution is -2.36. The second-order valence-corrected chi connectivity index (χ2v) is 10.3. The van der Waals surface area contributed by atoms with Crippen molar-refractivity contribution in [3.63, 3.8) is 0 Å². The molecule has 0 aliphatic carbocycles. The molecule has 0 bridgehead atoms. The summed E-state index contributed by atoms with van der Waals surface area (Å²) in [5.74, 6) is -0.0366. The molecule has 11 nitrogen and oxygen atoms in total. The lowest BCUT2D eigenvalue weighted by Gasteiger charge is -2.24. The first-order chi connectivity index (χ1) is 19.1. The maximum absolute atomic E-state index is 14.3. The van der Waals surface area contributed by atoms with Crippen LogP contribution < -0.4 is 10.1 Å². The van der Waals surface area contributed by atoms with Crippen LogP contribution in [0.15, 0.2) is 61.1 Å². The second kappa shape index (κ2) is 10.7. The van der Waals surface area contributed by atoms with Gasteiger partial charge in [0.1, 0.15) is 29.7 Å². The normalized spacial score (nSPS) is 15.2. The number of anilines is 2. The third-order valence-electron chi connectivity index (χ3n) is 6.18. The number of aromatic nitrogens is 3. The van der Waals surface area contributed by atoms with Crippen LogP contribution >= 0.6 is 0 Å². The highest BCUT2D eigenvalue weighted by atomic mass is 19.1. The Hall–Kier alpha value is -4.87. The van der Waals surface area contributed by atoms with Crippen molar-refractivity contribution in [1.82, 2.24) is 19.9 Å². The van der Waals surface area contributed by atoms with Crippen molar-refractivity contribution in [1.29, 1.82) is 0 Å². The first kappa shape index (κ1) is 26.7. The molecule has 1 saturated heterocycles. The van der Waals surface area contributed by atoms with E-state index in [1.54, 1.807) is 51.1 Å². The fourth-order valence-electron chi connectivity index (χ4n) is 4.37. The number of halogens is 1. The van der Waals surface area contributed by atoms with Gasteiger partial charge in [-0.1, -0.05) is 12.1 Å². The number of amides is 1. The first-order valence-corrected chi connectivity index (χ1v) is 12.6. The summed E-state index contributed by atoms with van der Waals surface area (Å²) in [5.41, 5.74) is 0.845. The third-order valence-corrected chi connectivity index (χ3v) is 6.18. The van der Waals surface area contributed by atoms with E-state index >= 15 is 0 Å². The van der Waals surface area contributed by atoms with Gasteiger partial charge in [-0.3, -0.25) is 15.1 Å². The van der Waals surface area contributed by atoms with Gasteiger partial charge in [0.05, 0.1) is 28.1 Å². The molecule has 0 spiro atoms. The number of carbonyl (C=O) groups is 1. The molecular weight excluding hydrogens is 519 g/mol. The van der Waals surface area contributed by atoms with Gasteiger partial charge in [-0.25, -0.2) is 19.2 Å². The molecule has 1 unspecified atom stereocenters. The van der Waals surface area contributed by atoms with Crippen LogP contribution in [0.5, 0.6) is 5.75 Å². The van der Waals surface area contributed by atoms with Gasteiger partial charge in [-0.2, -0.15) is 0 Å². The lowest BCUT2D eigenvalue weighted by molar-refractivity contribution is -0.385. The fraction of sp³-hybridized carbons (Fsp3) is 0.286. The summed E-state index contributed by atoms with van der Waals surface area (Å²) in [6.45, 7) is 6.02. The van der Waals surface area contributed by atoms with Crippen LogP contribution in [0.3, 0.4) is 0 Å². The number of nitrogens with zero attached hydrogens (tertiary/aromatic N) is 5. The number of hydrogen-bond acceptors (Lipinski definition) is 9. The molecule has 0 radical (unpaired) electrons. The number of likely N-dealkylation sites (tertiary alicyclic amines) is 1. The fourth-order valence-corrected chi connectivity index (χ4v) is 4.37. The van der Waals surface area contributed by atoms with E-state index in [0.717, 1.165) is 0 Å². The minimum absolute atomic E-state index is 0.0453. The summed E-state index contributed by atoms with van der Waals surface area (Å²) < 4.78 is 25.7. The summed E-state index contributed by atoms with van der Waals surface area (Å²) in [6, 6.07) is 12.5. The SMILES string of the molecule is CC(C)(C)OC(=O)N1CCC(Oc2cc3ncnc(Nc4ccnc(-c5ccccc5F)c4)c3cc2[N+](=O)[O-])C1. The Morgan fingerprint density at radius 3 is 2.70 bits per heavy atom. The average molecular weight is 547 g/mol. The molecule has 1 aliphatic heterocycles. The number of pyridine rings is 1. The lowest BCUT2D eigenvalue weighted by atomic mass is 10.1. The second-order valence-electron chi connectivity index (χ2n) is 10.3. The molecule has 206 valence electrons. The number of nitro benzene ring substituents is 1. The monoisotopic (exact) mass is 546 g/mol. The molecule has 1 aliphatic rings. The summed E-state index contributed by atoms with van der Waals surface area (Å²) in [6.07, 6.45) is 2.46. The van der Waals surface area contributed by atoms with Gasteiger partial charge in [-0.15, -0.1) is 0 Å². The minimum atomic E-state index is -0.631. The number of rotatable bonds is 6. The number of benzene rings is 2. The van der Waals surface area contributed by atoms with E-state index in [2.05, 4.69) is 20.3 Å². The Bertz CT molecular complexity index is 1590. The third kappa shape index (κ3) is 5.90. The van der Waals surface area contributed by atoms with E-state index in [1.165, 1.54) is 35.6 Å². The van der Waals surface area contributed by atoms with Gasteiger partial charge in [0, 0.05) is 42.5 Å². The van der Waals surface area contributed by atoms with Crippen molar-refractivity contribution in [2.75, 3.05) is 18.4 Å².